The van der Waals surface area contributed by atoms with Crippen LogP contribution in [0.1, 0.15) is 21.5 Å². The van der Waals surface area contributed by atoms with Crippen molar-refractivity contribution in [2.75, 3.05) is 4.90 Å². The second kappa shape index (κ2) is 4.20. The van der Waals surface area contributed by atoms with Crippen LogP contribution in [-0.4, -0.2) is 16.7 Å². The fourth-order valence-electron chi connectivity index (χ4n) is 2.14. The Morgan fingerprint density at radius 2 is 2.05 bits per heavy atom. The quantitative estimate of drug-likeness (QED) is 0.628. The van der Waals surface area contributed by atoms with E-state index in [1.807, 2.05) is 24.3 Å². The molecule has 0 saturated heterocycles. The number of anilines is 1. The Kier molecular flexibility index (Phi) is 2.52. The van der Waals surface area contributed by atoms with Crippen LogP contribution >= 0.6 is 0 Å². The van der Waals surface area contributed by atoms with Crippen LogP contribution in [0.5, 0.6) is 0 Å². The molecule has 2 heterocycles. The lowest BCUT2D eigenvalue weighted by molar-refractivity contribution is 0.0996. The van der Waals surface area contributed by atoms with E-state index in [-0.39, 0.29) is 11.7 Å². The molecule has 0 aliphatic carbocycles. The highest BCUT2D eigenvalue weighted by Crippen LogP contribution is 2.26. The second-order valence-electron chi connectivity index (χ2n) is 4.37. The molecule has 19 heavy (non-hydrogen) atoms. The number of hydrogen-bond donors (Lipinski definition) is 2. The number of carbonyl (C=O) groups is 1. The zero-order valence-electron chi connectivity index (χ0n) is 10.1. The van der Waals surface area contributed by atoms with E-state index in [1.54, 1.807) is 17.0 Å². The van der Waals surface area contributed by atoms with E-state index in [0.29, 0.717) is 17.9 Å². The average Bonchev–Trinajstić information content (AvgIpc) is 2.77. The fourth-order valence-corrected chi connectivity index (χ4v) is 2.14. The highest BCUT2D eigenvalue weighted by atomic mass is 16.2. The van der Waals surface area contributed by atoms with Gasteiger partial charge in [-0.25, -0.2) is 4.98 Å². The Morgan fingerprint density at radius 1 is 1.26 bits per heavy atom. The smallest absolute Gasteiger partial charge is 0.260 e. The predicted molar refractivity (Wildman–Crippen MR) is 72.2 cm³/mol. The summed E-state index contributed by atoms with van der Waals surface area (Å²) in [6.45, 7) is 0.529. The van der Waals surface area contributed by atoms with Crippen molar-refractivity contribution in [1.29, 1.82) is 5.41 Å². The summed E-state index contributed by atoms with van der Waals surface area (Å²) in [4.78, 5) is 18.1. The number of amides is 1. The molecule has 94 valence electrons. The summed E-state index contributed by atoms with van der Waals surface area (Å²) in [5.74, 6) is 0.500. The van der Waals surface area contributed by atoms with E-state index in [9.17, 15) is 4.79 Å². The molecule has 0 unspecified atom stereocenters. The summed E-state index contributed by atoms with van der Waals surface area (Å²) < 4.78 is 0. The van der Waals surface area contributed by atoms with Crippen molar-refractivity contribution in [3.63, 3.8) is 0 Å². The van der Waals surface area contributed by atoms with Crippen molar-refractivity contribution in [2.24, 2.45) is 5.73 Å². The molecule has 1 aliphatic rings. The minimum atomic E-state index is -0.0429. The molecular formula is C14H12N4O. The Morgan fingerprint density at radius 3 is 2.68 bits per heavy atom. The summed E-state index contributed by atoms with van der Waals surface area (Å²) in [6.07, 6.45) is 1.51. The highest BCUT2D eigenvalue weighted by molar-refractivity contribution is 6.09. The number of carbonyl (C=O) groups excluding carboxylic acids is 1. The van der Waals surface area contributed by atoms with Crippen molar-refractivity contribution < 1.29 is 4.79 Å². The van der Waals surface area contributed by atoms with Gasteiger partial charge in [0.2, 0.25) is 0 Å². The molecule has 1 aromatic carbocycles. The molecule has 0 bridgehead atoms. The Bertz CT molecular complexity index is 663. The van der Waals surface area contributed by atoms with E-state index < -0.39 is 0 Å². The fraction of sp³-hybridized carbons (Fsp3) is 0.0714. The first-order chi connectivity index (χ1) is 9.16. The minimum Gasteiger partial charge on any atom is -0.384 e. The van der Waals surface area contributed by atoms with Gasteiger partial charge in [-0.2, -0.15) is 0 Å². The van der Waals surface area contributed by atoms with Crippen molar-refractivity contribution in [1.82, 2.24) is 4.98 Å². The molecule has 1 aromatic heterocycles. The molecule has 0 saturated carbocycles. The van der Waals surface area contributed by atoms with Gasteiger partial charge in [0.05, 0.1) is 6.54 Å². The van der Waals surface area contributed by atoms with Crippen molar-refractivity contribution >= 4 is 17.6 Å². The molecule has 0 radical (unpaired) electrons. The van der Waals surface area contributed by atoms with E-state index in [2.05, 4.69) is 4.98 Å². The van der Waals surface area contributed by atoms with Gasteiger partial charge in [0.25, 0.3) is 5.91 Å². The number of rotatable bonds is 2. The van der Waals surface area contributed by atoms with Gasteiger partial charge in [-0.3, -0.25) is 15.1 Å². The monoisotopic (exact) mass is 252 g/mol. The molecular weight excluding hydrogens is 240 g/mol. The molecule has 3 N–H and O–H groups in total. The molecule has 0 atom stereocenters. The molecule has 2 aromatic rings. The Balaban J connectivity index is 1.93. The lowest BCUT2D eigenvalue weighted by Crippen LogP contribution is -2.24. The van der Waals surface area contributed by atoms with E-state index in [0.717, 1.165) is 11.1 Å². The van der Waals surface area contributed by atoms with E-state index >= 15 is 0 Å². The molecule has 0 spiro atoms. The van der Waals surface area contributed by atoms with Crippen LogP contribution in [0.15, 0.2) is 42.6 Å². The zero-order valence-corrected chi connectivity index (χ0v) is 10.1. The maximum Gasteiger partial charge on any atom is 0.260 e. The standard InChI is InChI=1S/C14H12N4O/c15-13(16)9-5-6-12(17-7-9)18-8-10-3-1-2-4-11(10)14(18)19/h1-7H,8H2,(H3,15,16). The van der Waals surface area contributed by atoms with Gasteiger partial charge < -0.3 is 5.73 Å². The third-order valence-corrected chi connectivity index (χ3v) is 3.16. The summed E-state index contributed by atoms with van der Waals surface area (Å²) >= 11 is 0. The summed E-state index contributed by atoms with van der Waals surface area (Å²) in [5.41, 5.74) is 7.65. The van der Waals surface area contributed by atoms with Crippen LogP contribution in [-0.2, 0) is 6.54 Å². The van der Waals surface area contributed by atoms with Gasteiger partial charge in [0.1, 0.15) is 11.7 Å². The first-order valence-corrected chi connectivity index (χ1v) is 5.87. The lowest BCUT2D eigenvalue weighted by atomic mass is 10.1. The van der Waals surface area contributed by atoms with Gasteiger partial charge in [-0.05, 0) is 23.8 Å². The van der Waals surface area contributed by atoms with Crippen LogP contribution in [0.25, 0.3) is 0 Å². The number of amidine groups is 1. The van der Waals surface area contributed by atoms with Crippen molar-refractivity contribution in [3.05, 3.63) is 59.3 Å². The molecule has 1 aliphatic heterocycles. The van der Waals surface area contributed by atoms with Gasteiger partial charge in [-0.1, -0.05) is 18.2 Å². The summed E-state index contributed by atoms with van der Waals surface area (Å²) in [7, 11) is 0. The van der Waals surface area contributed by atoms with Crippen LogP contribution in [0.3, 0.4) is 0 Å². The molecule has 0 fully saturated rings. The number of nitrogens with zero attached hydrogens (tertiary/aromatic N) is 2. The van der Waals surface area contributed by atoms with Gasteiger partial charge >= 0.3 is 0 Å². The predicted octanol–water partition coefficient (Wildman–Crippen LogP) is 1.53. The van der Waals surface area contributed by atoms with Crippen molar-refractivity contribution in [3.8, 4) is 0 Å². The number of nitrogens with two attached hydrogens (primary N) is 1. The first kappa shape index (κ1) is 11.4. The number of hydrogen-bond acceptors (Lipinski definition) is 3. The number of nitrogen functional groups attached to an aromatic ring is 1. The van der Waals surface area contributed by atoms with Crippen LogP contribution in [0.4, 0.5) is 5.82 Å². The van der Waals surface area contributed by atoms with Gasteiger partial charge in [-0.15, -0.1) is 0 Å². The second-order valence-corrected chi connectivity index (χ2v) is 4.37. The number of fused-ring (bicyclic) bond motifs is 1. The largest absolute Gasteiger partial charge is 0.384 e. The van der Waals surface area contributed by atoms with E-state index in [4.69, 9.17) is 11.1 Å². The summed E-state index contributed by atoms with van der Waals surface area (Å²) in [6, 6.07) is 10.9. The zero-order chi connectivity index (χ0) is 13.4. The van der Waals surface area contributed by atoms with E-state index in [1.165, 1.54) is 6.20 Å². The summed E-state index contributed by atoms with van der Waals surface area (Å²) in [5, 5.41) is 7.32. The Hall–Kier alpha value is -2.69. The molecule has 5 heteroatoms. The minimum absolute atomic E-state index is 0.0323. The lowest BCUT2D eigenvalue weighted by Gasteiger charge is -2.14. The van der Waals surface area contributed by atoms with Crippen LogP contribution in [0, 0.1) is 5.41 Å². The SMILES string of the molecule is N=C(N)c1ccc(N2Cc3ccccc3C2=O)nc1. The maximum atomic E-state index is 12.2. The maximum absolute atomic E-state index is 12.2. The van der Waals surface area contributed by atoms with Crippen LogP contribution < -0.4 is 10.6 Å². The number of benzene rings is 1. The normalized spacial score (nSPS) is 13.5. The third-order valence-electron chi connectivity index (χ3n) is 3.16. The van der Waals surface area contributed by atoms with Gasteiger partial charge in [0, 0.05) is 17.3 Å². The Labute approximate surface area is 110 Å². The van der Waals surface area contributed by atoms with Crippen molar-refractivity contribution in [2.45, 2.75) is 6.54 Å². The van der Waals surface area contributed by atoms with Crippen LogP contribution in [0.2, 0.25) is 0 Å². The topological polar surface area (TPSA) is 83.1 Å². The number of pyridine rings is 1. The molecule has 1 amide bonds. The molecule has 5 nitrogen and oxygen atoms in total. The number of aromatic nitrogens is 1. The highest BCUT2D eigenvalue weighted by Gasteiger charge is 2.28. The first-order valence-electron chi connectivity index (χ1n) is 5.87. The molecule has 3 rings (SSSR count). The third kappa shape index (κ3) is 1.85. The average molecular weight is 252 g/mol. The number of nitrogens with one attached hydrogen (secondary N) is 1. The van der Waals surface area contributed by atoms with Gasteiger partial charge in [0.15, 0.2) is 0 Å².